The Morgan fingerprint density at radius 2 is 1.70 bits per heavy atom. The Morgan fingerprint density at radius 3 is 2.35 bits per heavy atom. The van der Waals surface area contributed by atoms with E-state index in [0.717, 1.165) is 18.5 Å². The molecule has 0 radical (unpaired) electrons. The van der Waals surface area contributed by atoms with Crippen LogP contribution >= 0.6 is 0 Å². The van der Waals surface area contributed by atoms with Gasteiger partial charge in [0.2, 0.25) is 0 Å². The van der Waals surface area contributed by atoms with Crippen molar-refractivity contribution in [3.05, 3.63) is 0 Å². The van der Waals surface area contributed by atoms with E-state index in [-0.39, 0.29) is 5.54 Å². The molecular formula is C18H36N2. The van der Waals surface area contributed by atoms with Crippen LogP contribution in [0.2, 0.25) is 0 Å². The lowest BCUT2D eigenvalue weighted by Gasteiger charge is -2.37. The number of nitrogens with two attached hydrogens (primary N) is 1. The molecule has 2 nitrogen and oxygen atoms in total. The number of hydrogen-bond donors (Lipinski definition) is 2. The van der Waals surface area contributed by atoms with Crippen molar-refractivity contribution in [1.82, 2.24) is 5.32 Å². The van der Waals surface area contributed by atoms with Crippen LogP contribution in [0.3, 0.4) is 0 Å². The van der Waals surface area contributed by atoms with Crippen molar-refractivity contribution in [3.8, 4) is 0 Å². The van der Waals surface area contributed by atoms with Crippen LogP contribution < -0.4 is 11.1 Å². The molecule has 118 valence electrons. The van der Waals surface area contributed by atoms with Gasteiger partial charge in [0.25, 0.3) is 0 Å². The molecule has 2 saturated carbocycles. The zero-order chi connectivity index (χ0) is 14.3. The summed E-state index contributed by atoms with van der Waals surface area (Å²) in [6.07, 6.45) is 18.0. The highest BCUT2D eigenvalue weighted by Gasteiger charge is 2.33. The first-order chi connectivity index (χ1) is 9.78. The zero-order valence-corrected chi connectivity index (χ0v) is 13.6. The molecule has 2 heteroatoms. The monoisotopic (exact) mass is 280 g/mol. The van der Waals surface area contributed by atoms with Gasteiger partial charge < -0.3 is 11.1 Å². The molecule has 0 amide bonds. The SMILES string of the molecule is CCCC1CCCC(CN)(NC2CCCCCC2)CC1. The Labute approximate surface area is 126 Å². The van der Waals surface area contributed by atoms with Crippen LogP contribution in [-0.4, -0.2) is 18.1 Å². The van der Waals surface area contributed by atoms with Crippen molar-refractivity contribution in [3.63, 3.8) is 0 Å². The summed E-state index contributed by atoms with van der Waals surface area (Å²) in [6, 6.07) is 0.740. The minimum Gasteiger partial charge on any atom is -0.329 e. The smallest absolute Gasteiger partial charge is 0.0306 e. The summed E-state index contributed by atoms with van der Waals surface area (Å²) in [5, 5.41) is 4.04. The summed E-state index contributed by atoms with van der Waals surface area (Å²) in [5.41, 5.74) is 6.48. The van der Waals surface area contributed by atoms with Crippen LogP contribution in [0.5, 0.6) is 0 Å². The molecule has 0 heterocycles. The first-order valence-corrected chi connectivity index (χ1v) is 9.26. The molecule has 3 N–H and O–H groups in total. The average Bonchev–Trinajstić information content (AvgIpc) is 2.82. The largest absolute Gasteiger partial charge is 0.329 e. The van der Waals surface area contributed by atoms with E-state index in [1.54, 1.807) is 0 Å². The predicted octanol–water partition coefficient (Wildman–Crippen LogP) is 4.38. The second kappa shape index (κ2) is 8.38. The number of nitrogens with one attached hydrogen (secondary N) is 1. The predicted molar refractivity (Wildman–Crippen MR) is 87.9 cm³/mol. The van der Waals surface area contributed by atoms with E-state index in [1.807, 2.05) is 0 Å². The minimum absolute atomic E-state index is 0.261. The lowest BCUT2D eigenvalue weighted by atomic mass is 9.87. The summed E-state index contributed by atoms with van der Waals surface area (Å²) in [7, 11) is 0. The first-order valence-electron chi connectivity index (χ1n) is 9.26. The second-order valence-electron chi connectivity index (χ2n) is 7.40. The van der Waals surface area contributed by atoms with Gasteiger partial charge in [0, 0.05) is 18.1 Å². The van der Waals surface area contributed by atoms with Gasteiger partial charge in [-0.15, -0.1) is 0 Å². The first kappa shape index (κ1) is 16.3. The quantitative estimate of drug-likeness (QED) is 0.734. The van der Waals surface area contributed by atoms with Gasteiger partial charge in [-0.2, -0.15) is 0 Å². The van der Waals surface area contributed by atoms with Gasteiger partial charge in [0.1, 0.15) is 0 Å². The molecule has 0 aliphatic heterocycles. The Morgan fingerprint density at radius 1 is 0.950 bits per heavy atom. The van der Waals surface area contributed by atoms with Gasteiger partial charge in [-0.25, -0.2) is 0 Å². The van der Waals surface area contributed by atoms with Gasteiger partial charge in [0.05, 0.1) is 0 Å². The van der Waals surface area contributed by atoms with Crippen molar-refractivity contribution >= 4 is 0 Å². The van der Waals surface area contributed by atoms with E-state index < -0.39 is 0 Å². The van der Waals surface area contributed by atoms with Crippen molar-refractivity contribution in [1.29, 1.82) is 0 Å². The van der Waals surface area contributed by atoms with E-state index in [2.05, 4.69) is 12.2 Å². The Hall–Kier alpha value is -0.0800. The lowest BCUT2D eigenvalue weighted by Crippen LogP contribution is -2.54. The molecule has 2 unspecified atom stereocenters. The zero-order valence-electron chi connectivity index (χ0n) is 13.6. The fourth-order valence-electron chi connectivity index (χ4n) is 4.44. The highest BCUT2D eigenvalue weighted by Crippen LogP contribution is 2.33. The van der Waals surface area contributed by atoms with Crippen molar-refractivity contribution in [2.24, 2.45) is 11.7 Å². The Bertz CT molecular complexity index is 258. The molecule has 2 fully saturated rings. The third-order valence-corrected chi connectivity index (χ3v) is 5.75. The summed E-state index contributed by atoms with van der Waals surface area (Å²) in [6.45, 7) is 3.16. The molecule has 2 aliphatic carbocycles. The van der Waals surface area contributed by atoms with E-state index >= 15 is 0 Å². The molecule has 0 saturated heterocycles. The van der Waals surface area contributed by atoms with Crippen LogP contribution in [0.4, 0.5) is 0 Å². The molecule has 0 aromatic rings. The lowest BCUT2D eigenvalue weighted by molar-refractivity contribution is 0.242. The van der Waals surface area contributed by atoms with Crippen molar-refractivity contribution in [2.75, 3.05) is 6.54 Å². The summed E-state index contributed by atoms with van der Waals surface area (Å²) in [5.74, 6) is 0.962. The fraction of sp³-hybridized carbons (Fsp3) is 1.00. The van der Waals surface area contributed by atoms with E-state index in [0.29, 0.717) is 0 Å². The Balaban J connectivity index is 1.90. The summed E-state index contributed by atoms with van der Waals surface area (Å²) in [4.78, 5) is 0. The topological polar surface area (TPSA) is 38.0 Å². The van der Waals surface area contributed by atoms with Crippen molar-refractivity contribution in [2.45, 2.75) is 102 Å². The average molecular weight is 280 g/mol. The maximum Gasteiger partial charge on any atom is 0.0306 e. The highest BCUT2D eigenvalue weighted by molar-refractivity contribution is 4.94. The van der Waals surface area contributed by atoms with E-state index in [9.17, 15) is 0 Å². The third-order valence-electron chi connectivity index (χ3n) is 5.75. The van der Waals surface area contributed by atoms with Crippen LogP contribution in [0.25, 0.3) is 0 Å². The molecule has 0 aromatic carbocycles. The third kappa shape index (κ3) is 4.73. The summed E-state index contributed by atoms with van der Waals surface area (Å²) >= 11 is 0. The van der Waals surface area contributed by atoms with Gasteiger partial charge in [0.15, 0.2) is 0 Å². The van der Waals surface area contributed by atoms with Gasteiger partial charge in [-0.3, -0.25) is 0 Å². The van der Waals surface area contributed by atoms with Gasteiger partial charge >= 0.3 is 0 Å². The molecule has 2 atom stereocenters. The van der Waals surface area contributed by atoms with Crippen molar-refractivity contribution < 1.29 is 0 Å². The number of rotatable bonds is 5. The van der Waals surface area contributed by atoms with Gasteiger partial charge in [-0.05, 0) is 38.0 Å². The molecule has 2 rings (SSSR count). The molecule has 0 bridgehead atoms. The molecule has 0 spiro atoms. The molecule has 2 aliphatic rings. The highest BCUT2D eigenvalue weighted by atomic mass is 15.0. The second-order valence-corrected chi connectivity index (χ2v) is 7.40. The molecular weight excluding hydrogens is 244 g/mol. The fourth-order valence-corrected chi connectivity index (χ4v) is 4.44. The summed E-state index contributed by atoms with van der Waals surface area (Å²) < 4.78 is 0. The normalized spacial score (nSPS) is 33.6. The van der Waals surface area contributed by atoms with E-state index in [4.69, 9.17) is 5.73 Å². The van der Waals surface area contributed by atoms with Crippen LogP contribution in [0, 0.1) is 5.92 Å². The maximum absolute atomic E-state index is 6.22. The minimum atomic E-state index is 0.261. The Kier molecular flexibility index (Phi) is 6.83. The van der Waals surface area contributed by atoms with E-state index in [1.165, 1.54) is 83.5 Å². The van der Waals surface area contributed by atoms with Crippen LogP contribution in [-0.2, 0) is 0 Å². The standard InChI is InChI=1S/C18H36N2/c1-2-8-16-9-7-13-18(15-19,14-12-16)20-17-10-5-3-4-6-11-17/h16-17,20H,2-15,19H2,1H3. The molecule has 20 heavy (non-hydrogen) atoms. The maximum atomic E-state index is 6.22. The van der Waals surface area contributed by atoms with Crippen LogP contribution in [0.1, 0.15) is 90.4 Å². The number of hydrogen-bond acceptors (Lipinski definition) is 2. The molecule has 0 aromatic heterocycles. The van der Waals surface area contributed by atoms with Crippen LogP contribution in [0.15, 0.2) is 0 Å². The van der Waals surface area contributed by atoms with Gasteiger partial charge in [-0.1, -0.05) is 58.3 Å².